The Kier molecular flexibility index (Phi) is 5.16. The Hall–Kier alpha value is -0.810. The fraction of sp³-hybridized carbons (Fsp3) is 0.118. The monoisotopic (exact) mass is 472 g/mol. The van der Waals surface area contributed by atoms with Crippen molar-refractivity contribution in [3.05, 3.63) is 72.5 Å². The van der Waals surface area contributed by atoms with Gasteiger partial charge in [0, 0.05) is 26.6 Å². The van der Waals surface area contributed by atoms with Gasteiger partial charge in [-0.15, -0.1) is 0 Å². The molecule has 0 fully saturated rings. The van der Waals surface area contributed by atoms with E-state index >= 15 is 0 Å². The largest absolute Gasteiger partial charge is 0.345 e. The molecule has 0 saturated heterocycles. The van der Waals surface area contributed by atoms with Gasteiger partial charge in [-0.05, 0) is 36.8 Å². The van der Waals surface area contributed by atoms with E-state index in [1.54, 1.807) is 6.07 Å². The Morgan fingerprint density at radius 3 is 2.39 bits per heavy atom. The summed E-state index contributed by atoms with van der Waals surface area (Å²) in [5.41, 5.74) is 4.00. The summed E-state index contributed by atoms with van der Waals surface area (Å²) in [5, 5.41) is 1.07. The van der Waals surface area contributed by atoms with Crippen LogP contribution >= 0.6 is 55.1 Å². The van der Waals surface area contributed by atoms with E-state index in [2.05, 4.69) is 36.8 Å². The molecule has 6 heteroatoms. The molecule has 1 aromatic heterocycles. The van der Waals surface area contributed by atoms with Gasteiger partial charge < -0.3 is 4.98 Å². The van der Waals surface area contributed by atoms with Crippen LogP contribution in [0.5, 0.6) is 0 Å². The smallest absolute Gasteiger partial charge is 0.111 e. The maximum absolute atomic E-state index is 6.11. The van der Waals surface area contributed by atoms with Crippen LogP contribution in [0.3, 0.4) is 0 Å². The molecule has 0 bridgehead atoms. The summed E-state index contributed by atoms with van der Waals surface area (Å²) in [6.07, 6.45) is 0.699. The van der Waals surface area contributed by atoms with Gasteiger partial charge in [-0.1, -0.05) is 67.2 Å². The van der Waals surface area contributed by atoms with Gasteiger partial charge in [-0.2, -0.15) is 0 Å². The molecule has 0 spiro atoms. The Morgan fingerprint density at radius 2 is 1.74 bits per heavy atom. The van der Waals surface area contributed by atoms with E-state index in [-0.39, 0.29) is 0 Å². The number of rotatable bonds is 3. The first kappa shape index (κ1) is 17.0. The van der Waals surface area contributed by atoms with Crippen LogP contribution in [0, 0.1) is 6.92 Å². The summed E-state index contributed by atoms with van der Waals surface area (Å²) >= 11 is 19.3. The van der Waals surface area contributed by atoms with Crippen molar-refractivity contribution in [3.63, 3.8) is 0 Å². The summed E-state index contributed by atoms with van der Waals surface area (Å²) in [5.74, 6) is 0.899. The normalized spacial score (nSPS) is 11.0. The molecule has 1 N–H and O–H groups in total. The van der Waals surface area contributed by atoms with Crippen molar-refractivity contribution in [2.24, 2.45) is 0 Å². The van der Waals surface area contributed by atoms with Gasteiger partial charge in [-0.3, -0.25) is 0 Å². The number of aryl methyl sites for hydroxylation is 1. The van der Waals surface area contributed by atoms with Crippen LogP contribution in [0.25, 0.3) is 11.3 Å². The van der Waals surface area contributed by atoms with Crippen molar-refractivity contribution in [2.75, 3.05) is 0 Å². The second kappa shape index (κ2) is 6.98. The number of imidazole rings is 1. The highest BCUT2D eigenvalue weighted by atomic mass is 79.9. The third-order valence-electron chi connectivity index (χ3n) is 3.53. The molecule has 0 amide bonds. The molecule has 0 aliphatic carbocycles. The lowest BCUT2D eigenvalue weighted by Crippen LogP contribution is -1.93. The lowest BCUT2D eigenvalue weighted by molar-refractivity contribution is 1.01. The van der Waals surface area contributed by atoms with Gasteiger partial charge >= 0.3 is 0 Å². The minimum absolute atomic E-state index is 0.529. The van der Waals surface area contributed by atoms with Crippen LogP contribution in [0.4, 0.5) is 0 Å². The number of benzene rings is 2. The molecule has 3 rings (SSSR count). The molecular formula is C17H12Br2Cl2N2. The quantitative estimate of drug-likeness (QED) is 0.444. The first-order valence-corrected chi connectivity index (χ1v) is 9.23. The fourth-order valence-corrected chi connectivity index (χ4v) is 3.98. The minimum atomic E-state index is 0.529. The zero-order chi connectivity index (χ0) is 16.6. The molecule has 118 valence electrons. The summed E-state index contributed by atoms with van der Waals surface area (Å²) < 4.78 is 2.11. The van der Waals surface area contributed by atoms with Crippen molar-refractivity contribution in [1.29, 1.82) is 0 Å². The van der Waals surface area contributed by atoms with Crippen LogP contribution in [0.1, 0.15) is 17.1 Å². The topological polar surface area (TPSA) is 28.7 Å². The molecule has 0 aliphatic rings. The molecule has 0 unspecified atom stereocenters. The molecular weight excluding hydrogens is 463 g/mol. The lowest BCUT2D eigenvalue weighted by Gasteiger charge is -2.05. The average molecular weight is 475 g/mol. The second-order valence-electron chi connectivity index (χ2n) is 5.16. The number of aromatic amines is 1. The van der Waals surface area contributed by atoms with Crippen LogP contribution in [0.15, 0.2) is 45.3 Å². The Labute approximate surface area is 161 Å². The minimum Gasteiger partial charge on any atom is -0.345 e. The van der Waals surface area contributed by atoms with Gasteiger partial charge in [0.05, 0.1) is 15.7 Å². The molecule has 0 radical (unpaired) electrons. The van der Waals surface area contributed by atoms with E-state index in [1.165, 1.54) is 0 Å². The number of hydrogen-bond donors (Lipinski definition) is 1. The highest BCUT2D eigenvalue weighted by molar-refractivity contribution is 9.11. The number of nitrogens with one attached hydrogen (secondary N) is 1. The van der Waals surface area contributed by atoms with Gasteiger partial charge in [0.1, 0.15) is 5.82 Å². The first-order chi connectivity index (χ1) is 11.0. The highest BCUT2D eigenvalue weighted by Gasteiger charge is 2.13. The van der Waals surface area contributed by atoms with Gasteiger partial charge in [-0.25, -0.2) is 4.98 Å². The highest BCUT2D eigenvalue weighted by Crippen LogP contribution is 2.31. The van der Waals surface area contributed by atoms with Crippen LogP contribution in [0.2, 0.25) is 10.0 Å². The van der Waals surface area contributed by atoms with E-state index in [1.807, 2.05) is 37.3 Å². The van der Waals surface area contributed by atoms with Crippen LogP contribution in [-0.4, -0.2) is 9.97 Å². The van der Waals surface area contributed by atoms with Crippen molar-refractivity contribution in [1.82, 2.24) is 9.97 Å². The summed E-state index contributed by atoms with van der Waals surface area (Å²) in [6.45, 7) is 2.00. The van der Waals surface area contributed by atoms with Crippen molar-refractivity contribution in [2.45, 2.75) is 13.3 Å². The maximum Gasteiger partial charge on any atom is 0.111 e. The summed E-state index contributed by atoms with van der Waals surface area (Å²) in [6, 6.07) is 11.6. The van der Waals surface area contributed by atoms with E-state index in [4.69, 9.17) is 28.2 Å². The van der Waals surface area contributed by atoms with E-state index in [9.17, 15) is 0 Å². The zero-order valence-corrected chi connectivity index (χ0v) is 16.8. The number of hydrogen-bond acceptors (Lipinski definition) is 1. The molecule has 0 saturated carbocycles. The third kappa shape index (κ3) is 3.66. The van der Waals surface area contributed by atoms with Crippen molar-refractivity contribution in [3.8, 4) is 11.3 Å². The van der Waals surface area contributed by atoms with Crippen LogP contribution < -0.4 is 0 Å². The fourth-order valence-electron chi connectivity index (χ4n) is 2.40. The maximum atomic E-state index is 6.11. The Balaban J connectivity index is 1.96. The van der Waals surface area contributed by atoms with Gasteiger partial charge in [0.2, 0.25) is 0 Å². The number of aromatic nitrogens is 2. The van der Waals surface area contributed by atoms with Crippen molar-refractivity contribution >= 4 is 55.1 Å². The lowest BCUT2D eigenvalue weighted by atomic mass is 10.1. The summed E-state index contributed by atoms with van der Waals surface area (Å²) in [4.78, 5) is 8.08. The number of nitrogens with zero attached hydrogens (tertiary/aromatic N) is 1. The van der Waals surface area contributed by atoms with Crippen molar-refractivity contribution < 1.29 is 0 Å². The molecule has 2 aromatic carbocycles. The van der Waals surface area contributed by atoms with E-state index in [0.29, 0.717) is 16.5 Å². The molecule has 2 nitrogen and oxygen atoms in total. The predicted molar refractivity (Wildman–Crippen MR) is 103 cm³/mol. The first-order valence-electron chi connectivity index (χ1n) is 6.89. The van der Waals surface area contributed by atoms with E-state index < -0.39 is 0 Å². The molecule has 3 aromatic rings. The van der Waals surface area contributed by atoms with Crippen LogP contribution in [-0.2, 0) is 6.42 Å². The SMILES string of the molecule is Cc1[nH]c(Cc2c(Br)cccc2Br)nc1-c1ccc(Cl)c(Cl)c1. The second-order valence-corrected chi connectivity index (χ2v) is 7.69. The predicted octanol–water partition coefficient (Wildman–Crippen LogP) is 6.81. The Morgan fingerprint density at radius 1 is 1.04 bits per heavy atom. The van der Waals surface area contributed by atoms with E-state index in [0.717, 1.165) is 37.3 Å². The summed E-state index contributed by atoms with van der Waals surface area (Å²) in [7, 11) is 0. The zero-order valence-electron chi connectivity index (χ0n) is 12.1. The molecule has 1 heterocycles. The van der Waals surface area contributed by atoms with Gasteiger partial charge in [0.15, 0.2) is 0 Å². The molecule has 0 aliphatic heterocycles. The number of halogens is 4. The number of H-pyrrole nitrogens is 1. The molecule has 0 atom stereocenters. The third-order valence-corrected chi connectivity index (χ3v) is 5.76. The Bertz CT molecular complexity index is 855. The van der Waals surface area contributed by atoms with Gasteiger partial charge in [0.25, 0.3) is 0 Å². The molecule has 23 heavy (non-hydrogen) atoms. The average Bonchev–Trinajstić information content (AvgIpc) is 2.87. The standard InChI is InChI=1S/C17H12Br2Cl2N2/c1-9-17(10-5-6-14(20)15(21)7-10)23-16(22-9)8-11-12(18)3-2-4-13(11)19/h2-7H,8H2,1H3,(H,22,23).